The molecule has 1 heterocycles. The molecule has 1 aromatic heterocycles. The molecule has 0 bridgehead atoms. The van der Waals surface area contributed by atoms with E-state index in [-0.39, 0.29) is 5.91 Å². The Morgan fingerprint density at radius 1 is 1.11 bits per heavy atom. The minimum atomic E-state index is -0.637. The van der Waals surface area contributed by atoms with Crippen molar-refractivity contribution in [3.05, 3.63) is 46.7 Å². The highest BCUT2D eigenvalue weighted by molar-refractivity contribution is 7.10. The Balaban J connectivity index is 1.98. The zero-order valence-electron chi connectivity index (χ0n) is 10.1. The lowest BCUT2D eigenvalue weighted by atomic mass is 10.2. The van der Waals surface area contributed by atoms with E-state index in [4.69, 9.17) is 5.73 Å². The second-order valence-electron chi connectivity index (χ2n) is 3.87. The quantitative estimate of drug-likeness (QED) is 0.800. The summed E-state index contributed by atoms with van der Waals surface area (Å²) >= 11 is 1.54. The summed E-state index contributed by atoms with van der Waals surface area (Å²) in [7, 11) is 0. The number of hydrogen-bond acceptors (Lipinski definition) is 3. The number of anilines is 2. The number of thiophene rings is 1. The number of nitrogens with two attached hydrogens (primary N) is 1. The fourth-order valence-corrected chi connectivity index (χ4v) is 2.30. The summed E-state index contributed by atoms with van der Waals surface area (Å²) < 4.78 is 0. The molecular formula is C13H13N3O2S. The lowest BCUT2D eigenvalue weighted by Crippen LogP contribution is -2.19. The Labute approximate surface area is 114 Å². The third-order valence-electron chi connectivity index (χ3n) is 2.33. The summed E-state index contributed by atoms with van der Waals surface area (Å²) in [6, 6.07) is 10.0. The van der Waals surface area contributed by atoms with Crippen LogP contribution in [0.2, 0.25) is 0 Å². The molecule has 1 aromatic carbocycles. The molecule has 5 nitrogen and oxygen atoms in total. The van der Waals surface area contributed by atoms with Crippen LogP contribution in [0.4, 0.5) is 16.2 Å². The van der Waals surface area contributed by atoms with E-state index in [9.17, 15) is 9.59 Å². The fraction of sp³-hybridized carbons (Fsp3) is 0.0769. The van der Waals surface area contributed by atoms with Gasteiger partial charge in [0.2, 0.25) is 5.91 Å². The summed E-state index contributed by atoms with van der Waals surface area (Å²) in [6.45, 7) is 0. The first-order chi connectivity index (χ1) is 9.13. The maximum Gasteiger partial charge on any atom is 0.316 e. The van der Waals surface area contributed by atoms with Gasteiger partial charge in [-0.3, -0.25) is 4.79 Å². The number of benzene rings is 1. The van der Waals surface area contributed by atoms with Gasteiger partial charge in [0.1, 0.15) is 0 Å². The molecule has 19 heavy (non-hydrogen) atoms. The van der Waals surface area contributed by atoms with Gasteiger partial charge in [0.15, 0.2) is 0 Å². The van der Waals surface area contributed by atoms with E-state index >= 15 is 0 Å². The third kappa shape index (κ3) is 4.11. The number of rotatable bonds is 4. The van der Waals surface area contributed by atoms with E-state index in [0.29, 0.717) is 17.8 Å². The van der Waals surface area contributed by atoms with Crippen LogP contribution in [0, 0.1) is 0 Å². The molecule has 0 spiro atoms. The van der Waals surface area contributed by atoms with Crippen LogP contribution in [0.5, 0.6) is 0 Å². The number of amides is 3. The Kier molecular flexibility index (Phi) is 4.15. The van der Waals surface area contributed by atoms with Gasteiger partial charge in [-0.25, -0.2) is 4.79 Å². The molecule has 2 aromatic rings. The fourth-order valence-electron chi connectivity index (χ4n) is 1.59. The highest BCUT2D eigenvalue weighted by Crippen LogP contribution is 2.16. The van der Waals surface area contributed by atoms with Crippen molar-refractivity contribution in [3.8, 4) is 0 Å². The van der Waals surface area contributed by atoms with Crippen molar-refractivity contribution in [3.63, 3.8) is 0 Å². The number of hydrogen-bond donors (Lipinski definition) is 3. The average Bonchev–Trinajstić information content (AvgIpc) is 2.81. The zero-order valence-corrected chi connectivity index (χ0v) is 10.9. The van der Waals surface area contributed by atoms with Crippen molar-refractivity contribution in [2.24, 2.45) is 5.73 Å². The predicted molar refractivity (Wildman–Crippen MR) is 76.3 cm³/mol. The maximum absolute atomic E-state index is 11.8. The van der Waals surface area contributed by atoms with Crippen molar-refractivity contribution in [1.29, 1.82) is 0 Å². The van der Waals surface area contributed by atoms with E-state index < -0.39 is 6.03 Å². The number of carbonyl (C=O) groups is 2. The molecule has 98 valence electrons. The Bertz CT molecular complexity index is 581. The molecule has 6 heteroatoms. The summed E-state index contributed by atoms with van der Waals surface area (Å²) in [5.41, 5.74) is 6.19. The van der Waals surface area contributed by atoms with E-state index in [1.165, 1.54) is 11.3 Å². The first kappa shape index (κ1) is 13.1. The van der Waals surface area contributed by atoms with Crippen LogP contribution in [0.25, 0.3) is 0 Å². The minimum Gasteiger partial charge on any atom is -0.351 e. The molecule has 0 aliphatic rings. The largest absolute Gasteiger partial charge is 0.351 e. The molecule has 0 fully saturated rings. The van der Waals surface area contributed by atoms with Crippen LogP contribution in [0.1, 0.15) is 4.88 Å². The normalized spacial score (nSPS) is 9.89. The van der Waals surface area contributed by atoms with Gasteiger partial charge < -0.3 is 16.4 Å². The topological polar surface area (TPSA) is 84.2 Å². The van der Waals surface area contributed by atoms with E-state index in [2.05, 4.69) is 10.6 Å². The summed E-state index contributed by atoms with van der Waals surface area (Å²) in [5.74, 6) is -0.0984. The molecule has 3 amide bonds. The van der Waals surface area contributed by atoms with E-state index in [1.54, 1.807) is 24.3 Å². The number of carbonyl (C=O) groups excluding carboxylic acids is 2. The van der Waals surface area contributed by atoms with Gasteiger partial charge in [0, 0.05) is 16.3 Å². The lowest BCUT2D eigenvalue weighted by molar-refractivity contribution is -0.115. The molecule has 0 atom stereocenters. The molecule has 0 saturated carbocycles. The Hall–Kier alpha value is -2.34. The Morgan fingerprint density at radius 2 is 1.84 bits per heavy atom. The summed E-state index contributed by atoms with van der Waals surface area (Å²) in [6.07, 6.45) is 0.338. The van der Waals surface area contributed by atoms with Crippen LogP contribution in [-0.4, -0.2) is 11.9 Å². The van der Waals surface area contributed by atoms with Crippen molar-refractivity contribution in [2.45, 2.75) is 6.42 Å². The Morgan fingerprint density at radius 3 is 2.47 bits per heavy atom. The van der Waals surface area contributed by atoms with Gasteiger partial charge in [-0.05, 0) is 29.6 Å². The van der Waals surface area contributed by atoms with Crippen molar-refractivity contribution in [1.82, 2.24) is 0 Å². The second kappa shape index (κ2) is 6.01. The van der Waals surface area contributed by atoms with E-state index in [1.807, 2.05) is 17.5 Å². The SMILES string of the molecule is NC(=O)Nc1cccc(NC(=O)Cc2cccs2)c1. The molecule has 0 aliphatic carbocycles. The smallest absolute Gasteiger partial charge is 0.316 e. The van der Waals surface area contributed by atoms with Crippen LogP contribution in [0.15, 0.2) is 41.8 Å². The standard InChI is InChI=1S/C13H13N3O2S/c14-13(18)16-10-4-1-3-9(7-10)15-12(17)8-11-5-2-6-19-11/h1-7H,8H2,(H,15,17)(H3,14,16,18). The van der Waals surface area contributed by atoms with Crippen LogP contribution >= 0.6 is 11.3 Å². The molecule has 2 rings (SSSR count). The van der Waals surface area contributed by atoms with Crippen molar-refractivity contribution < 1.29 is 9.59 Å². The highest BCUT2D eigenvalue weighted by Gasteiger charge is 2.05. The van der Waals surface area contributed by atoms with Gasteiger partial charge in [0.05, 0.1) is 6.42 Å². The summed E-state index contributed by atoms with van der Waals surface area (Å²) in [5, 5.41) is 7.15. The van der Waals surface area contributed by atoms with Crippen LogP contribution < -0.4 is 16.4 Å². The van der Waals surface area contributed by atoms with Crippen molar-refractivity contribution >= 4 is 34.6 Å². The van der Waals surface area contributed by atoms with Gasteiger partial charge >= 0.3 is 6.03 Å². The molecular weight excluding hydrogens is 262 g/mol. The highest BCUT2D eigenvalue weighted by atomic mass is 32.1. The lowest BCUT2D eigenvalue weighted by Gasteiger charge is -2.07. The number of primary amides is 1. The molecule has 0 saturated heterocycles. The minimum absolute atomic E-state index is 0.0984. The van der Waals surface area contributed by atoms with Crippen molar-refractivity contribution in [2.75, 3.05) is 10.6 Å². The zero-order chi connectivity index (χ0) is 13.7. The second-order valence-corrected chi connectivity index (χ2v) is 4.91. The average molecular weight is 275 g/mol. The van der Waals surface area contributed by atoms with Gasteiger partial charge in [-0.15, -0.1) is 11.3 Å². The molecule has 0 aliphatic heterocycles. The maximum atomic E-state index is 11.8. The first-order valence-electron chi connectivity index (χ1n) is 5.62. The van der Waals surface area contributed by atoms with E-state index in [0.717, 1.165) is 4.88 Å². The molecule has 0 radical (unpaired) electrons. The summed E-state index contributed by atoms with van der Waals surface area (Å²) in [4.78, 5) is 23.5. The number of urea groups is 1. The van der Waals surface area contributed by atoms with Crippen LogP contribution in [0.3, 0.4) is 0 Å². The number of nitrogens with one attached hydrogen (secondary N) is 2. The molecule has 0 unspecified atom stereocenters. The van der Waals surface area contributed by atoms with Gasteiger partial charge in [0.25, 0.3) is 0 Å². The first-order valence-corrected chi connectivity index (χ1v) is 6.50. The third-order valence-corrected chi connectivity index (χ3v) is 3.21. The monoisotopic (exact) mass is 275 g/mol. The molecule has 4 N–H and O–H groups in total. The van der Waals surface area contributed by atoms with Gasteiger partial charge in [-0.1, -0.05) is 12.1 Å². The van der Waals surface area contributed by atoms with Crippen LogP contribution in [-0.2, 0) is 11.2 Å². The predicted octanol–water partition coefficient (Wildman–Crippen LogP) is 2.42. The van der Waals surface area contributed by atoms with Gasteiger partial charge in [-0.2, -0.15) is 0 Å².